The molecule has 2 rings (SSSR count). The zero-order valence-electron chi connectivity index (χ0n) is 19.3. The van der Waals surface area contributed by atoms with Gasteiger partial charge in [0.05, 0.1) is 10.8 Å². The smallest absolute Gasteiger partial charge is 0.303 e. The molecule has 1 fully saturated rings. The van der Waals surface area contributed by atoms with Gasteiger partial charge in [-0.3, -0.25) is 29.3 Å². The van der Waals surface area contributed by atoms with Crippen molar-refractivity contribution in [3.8, 4) is 5.75 Å². The fraction of sp³-hybridized carbons (Fsp3) is 0.524. The summed E-state index contributed by atoms with van der Waals surface area (Å²) in [7, 11) is 0. The molecule has 1 aliphatic heterocycles. The molecule has 1 aromatic rings. The molecule has 0 bridgehead atoms. The van der Waals surface area contributed by atoms with E-state index >= 15 is 0 Å². The number of carbonyl (C=O) groups is 4. The van der Waals surface area contributed by atoms with Crippen molar-refractivity contribution in [1.82, 2.24) is 0 Å². The van der Waals surface area contributed by atoms with Crippen molar-refractivity contribution in [2.45, 2.75) is 64.3 Å². The van der Waals surface area contributed by atoms with Crippen molar-refractivity contribution in [3.63, 3.8) is 0 Å². The number of nitro benzene ring substituents is 1. The van der Waals surface area contributed by atoms with Gasteiger partial charge in [0.25, 0.3) is 5.69 Å². The van der Waals surface area contributed by atoms with Crippen LogP contribution in [0.1, 0.15) is 33.3 Å². The first-order chi connectivity index (χ1) is 16.4. The number of alkyl halides is 1. The van der Waals surface area contributed by atoms with E-state index in [2.05, 4.69) is 0 Å². The van der Waals surface area contributed by atoms with Gasteiger partial charge in [-0.15, -0.1) is 11.6 Å². The lowest BCUT2D eigenvalue weighted by Crippen LogP contribution is -2.63. The summed E-state index contributed by atoms with van der Waals surface area (Å²) >= 11 is 5.93. The summed E-state index contributed by atoms with van der Waals surface area (Å²) in [6.45, 7) is 3.99. The van der Waals surface area contributed by atoms with Crippen molar-refractivity contribution >= 4 is 41.2 Å². The summed E-state index contributed by atoms with van der Waals surface area (Å²) < 4.78 is 32.6. The molecule has 1 saturated heterocycles. The van der Waals surface area contributed by atoms with Gasteiger partial charge >= 0.3 is 23.9 Å². The molecule has 0 aliphatic carbocycles. The first kappa shape index (κ1) is 27.8. The van der Waals surface area contributed by atoms with Crippen molar-refractivity contribution in [2.24, 2.45) is 0 Å². The molecule has 1 aliphatic rings. The molecule has 0 unspecified atom stereocenters. The van der Waals surface area contributed by atoms with Crippen molar-refractivity contribution in [3.05, 3.63) is 33.9 Å². The van der Waals surface area contributed by atoms with Gasteiger partial charge in [-0.25, -0.2) is 0 Å². The Morgan fingerprint density at radius 1 is 0.943 bits per heavy atom. The van der Waals surface area contributed by atoms with Crippen LogP contribution in [0.2, 0.25) is 0 Å². The van der Waals surface area contributed by atoms with Crippen molar-refractivity contribution < 1.29 is 52.5 Å². The Morgan fingerprint density at radius 3 is 2.03 bits per heavy atom. The summed E-state index contributed by atoms with van der Waals surface area (Å²) in [5, 5.41) is 11.1. The molecule has 35 heavy (non-hydrogen) atoms. The quantitative estimate of drug-likeness (QED) is 0.153. The Balaban J connectivity index is 2.52. The number of benzene rings is 1. The first-order valence-corrected chi connectivity index (χ1v) is 10.8. The number of ether oxygens (including phenoxy) is 6. The minimum absolute atomic E-state index is 0.0477. The topological polar surface area (TPSA) is 167 Å². The maximum Gasteiger partial charge on any atom is 0.303 e. The highest BCUT2D eigenvalue weighted by Gasteiger charge is 2.53. The summed E-state index contributed by atoms with van der Waals surface area (Å²) in [4.78, 5) is 57.4. The zero-order valence-corrected chi connectivity index (χ0v) is 20.0. The summed E-state index contributed by atoms with van der Waals surface area (Å²) in [6, 6.07) is 3.62. The minimum Gasteiger partial charge on any atom is -0.463 e. The molecule has 0 saturated carbocycles. The molecule has 13 nitrogen and oxygen atoms in total. The number of nitrogens with zero attached hydrogens (tertiary/aromatic N) is 1. The van der Waals surface area contributed by atoms with Crippen LogP contribution in [0.3, 0.4) is 0 Å². The monoisotopic (exact) mass is 517 g/mol. The highest BCUT2D eigenvalue weighted by molar-refractivity contribution is 6.17. The number of rotatable bonds is 9. The van der Waals surface area contributed by atoms with Gasteiger partial charge in [-0.05, 0) is 6.07 Å². The van der Waals surface area contributed by atoms with E-state index in [0.717, 1.165) is 33.8 Å². The number of nitro groups is 1. The molecule has 1 aromatic carbocycles. The number of non-ortho nitro benzene ring substituents is 1. The van der Waals surface area contributed by atoms with E-state index in [0.29, 0.717) is 0 Å². The van der Waals surface area contributed by atoms with E-state index in [1.54, 1.807) is 0 Å². The molecule has 192 valence electrons. The lowest BCUT2D eigenvalue weighted by Gasteiger charge is -2.44. The van der Waals surface area contributed by atoms with Crippen molar-refractivity contribution in [2.75, 3.05) is 6.61 Å². The van der Waals surface area contributed by atoms with Gasteiger partial charge in [0.15, 0.2) is 12.2 Å². The lowest BCUT2D eigenvalue weighted by atomic mass is 9.98. The van der Waals surface area contributed by atoms with E-state index in [9.17, 15) is 29.3 Å². The number of hydrogen-bond acceptors (Lipinski definition) is 12. The van der Waals surface area contributed by atoms with Crippen LogP contribution in [0.5, 0.6) is 5.75 Å². The maximum absolute atomic E-state index is 11.9. The van der Waals surface area contributed by atoms with Crippen LogP contribution in [0.4, 0.5) is 5.69 Å². The third kappa shape index (κ3) is 7.79. The second-order valence-electron chi connectivity index (χ2n) is 7.37. The van der Waals surface area contributed by atoms with E-state index in [1.807, 2.05) is 0 Å². The van der Waals surface area contributed by atoms with Gasteiger partial charge in [-0.1, -0.05) is 0 Å². The average molecular weight is 518 g/mol. The Kier molecular flexibility index (Phi) is 9.78. The van der Waals surface area contributed by atoms with E-state index in [-0.39, 0.29) is 22.9 Å². The predicted molar refractivity (Wildman–Crippen MR) is 115 cm³/mol. The van der Waals surface area contributed by atoms with Crippen LogP contribution in [-0.2, 0) is 48.7 Å². The number of hydrogen-bond donors (Lipinski definition) is 0. The number of carbonyl (C=O) groups excluding carboxylic acids is 4. The SMILES string of the molecule is CC(=O)OC[C@H]1O[C@H](Oc2ccc([N+](=O)[O-])cc2CCl)[C@H](OC(C)=O)[C@@H](OC(C)=O)[C@H]1OC(C)=O. The normalized spacial score (nSPS) is 23.5. The van der Waals surface area contributed by atoms with Gasteiger partial charge in [-0.2, -0.15) is 0 Å². The Labute approximate surface area is 204 Å². The highest BCUT2D eigenvalue weighted by atomic mass is 35.5. The largest absolute Gasteiger partial charge is 0.463 e. The Morgan fingerprint density at radius 2 is 1.51 bits per heavy atom. The third-order valence-corrected chi connectivity index (χ3v) is 4.88. The van der Waals surface area contributed by atoms with Crippen LogP contribution in [-0.4, -0.2) is 66.1 Å². The second-order valence-corrected chi connectivity index (χ2v) is 7.64. The average Bonchev–Trinajstić information content (AvgIpc) is 2.75. The van der Waals surface area contributed by atoms with Crippen LogP contribution in [0.25, 0.3) is 0 Å². The molecule has 14 heteroatoms. The molecule has 0 spiro atoms. The van der Waals surface area contributed by atoms with Gasteiger partial charge in [0.2, 0.25) is 12.4 Å². The summed E-state index contributed by atoms with van der Waals surface area (Å²) in [5.74, 6) is -3.17. The zero-order chi connectivity index (χ0) is 26.3. The van der Waals surface area contributed by atoms with Crippen molar-refractivity contribution in [1.29, 1.82) is 0 Å². The van der Waals surface area contributed by atoms with Crippen LogP contribution < -0.4 is 4.74 Å². The van der Waals surface area contributed by atoms with Crippen LogP contribution in [0.15, 0.2) is 18.2 Å². The first-order valence-electron chi connectivity index (χ1n) is 10.2. The molecular weight excluding hydrogens is 494 g/mol. The molecular formula is C21H24ClNO12. The number of halogens is 1. The summed E-state index contributed by atoms with van der Waals surface area (Å²) in [6.07, 6.45) is -6.91. The van der Waals surface area contributed by atoms with Crippen LogP contribution >= 0.6 is 11.6 Å². The van der Waals surface area contributed by atoms with Gasteiger partial charge < -0.3 is 28.4 Å². The molecule has 0 amide bonds. The Bertz CT molecular complexity index is 983. The molecule has 0 aromatic heterocycles. The standard InChI is InChI=1S/C21H24ClNO12/c1-10(24)30-9-17-18(31-11(2)25)19(32-12(3)26)20(33-13(4)27)21(35-17)34-16-6-5-15(23(28)29)7-14(16)8-22/h5-7,17-21H,8-9H2,1-4H3/t17-,18+,19+,20-,21+/m1/s1. The van der Waals surface area contributed by atoms with E-state index in [1.165, 1.54) is 12.1 Å². The fourth-order valence-electron chi connectivity index (χ4n) is 3.31. The molecule has 5 atom stereocenters. The second kappa shape index (κ2) is 12.3. The summed E-state index contributed by atoms with van der Waals surface area (Å²) in [5.41, 5.74) is -0.0248. The highest BCUT2D eigenvalue weighted by Crippen LogP contribution is 2.33. The fourth-order valence-corrected chi connectivity index (χ4v) is 3.52. The van der Waals surface area contributed by atoms with Crippen LogP contribution in [0, 0.1) is 10.1 Å². The van der Waals surface area contributed by atoms with Gasteiger partial charge in [0.1, 0.15) is 18.5 Å². The lowest BCUT2D eigenvalue weighted by molar-refractivity contribution is -0.385. The van der Waals surface area contributed by atoms with E-state index < -0.39 is 66.1 Å². The molecule has 1 heterocycles. The predicted octanol–water partition coefficient (Wildman–Crippen LogP) is 1.80. The van der Waals surface area contributed by atoms with E-state index in [4.69, 9.17) is 40.0 Å². The molecule has 0 N–H and O–H groups in total. The third-order valence-electron chi connectivity index (χ3n) is 4.59. The minimum atomic E-state index is -1.49. The Hall–Kier alpha value is -3.45. The van der Waals surface area contributed by atoms with Gasteiger partial charge in [0, 0.05) is 45.4 Å². The molecule has 0 radical (unpaired) electrons. The maximum atomic E-state index is 11.9. The number of esters is 4.